The number of aryl methyl sites for hydroxylation is 1. The average Bonchev–Trinajstić information content (AvgIpc) is 2.64. The Labute approximate surface area is 102 Å². The molecule has 0 amide bonds. The third kappa shape index (κ3) is 2.14. The van der Waals surface area contributed by atoms with Crippen molar-refractivity contribution in [2.45, 2.75) is 13.0 Å². The summed E-state index contributed by atoms with van der Waals surface area (Å²) in [7, 11) is 0. The summed E-state index contributed by atoms with van der Waals surface area (Å²) in [6.45, 7) is 2.10. The first-order valence-corrected chi connectivity index (χ1v) is 6.41. The third-order valence-corrected chi connectivity index (χ3v) is 4.25. The van der Waals surface area contributed by atoms with Crippen molar-refractivity contribution in [2.75, 3.05) is 0 Å². The Hall–Kier alpha value is -0.640. The van der Waals surface area contributed by atoms with Crippen molar-refractivity contribution < 1.29 is 0 Å². The Morgan fingerprint density at radius 3 is 2.60 bits per heavy atom. The summed E-state index contributed by atoms with van der Waals surface area (Å²) >= 11 is 5.25. The quantitative estimate of drug-likeness (QED) is 0.889. The lowest BCUT2D eigenvalue weighted by Gasteiger charge is -2.13. The maximum Gasteiger partial charge on any atom is 0.0659 e. The van der Waals surface area contributed by atoms with Crippen LogP contribution < -0.4 is 5.73 Å². The lowest BCUT2D eigenvalue weighted by molar-refractivity contribution is 0.879. The van der Waals surface area contributed by atoms with E-state index in [0.29, 0.717) is 0 Å². The van der Waals surface area contributed by atoms with Gasteiger partial charge in [0.1, 0.15) is 0 Å². The summed E-state index contributed by atoms with van der Waals surface area (Å²) in [4.78, 5) is 1.24. The van der Waals surface area contributed by atoms with E-state index >= 15 is 0 Å². The van der Waals surface area contributed by atoms with Gasteiger partial charge in [0.25, 0.3) is 0 Å². The van der Waals surface area contributed by atoms with Crippen molar-refractivity contribution in [3.63, 3.8) is 0 Å². The standard InChI is InChI=1S/C12H12BrNS/c1-8-6-7-15-12(8)11(14)9-4-2-3-5-10(9)13/h2-7,11H,14H2,1H3. The van der Waals surface area contributed by atoms with Crippen LogP contribution in [0.4, 0.5) is 0 Å². The summed E-state index contributed by atoms with van der Waals surface area (Å²) in [5.74, 6) is 0. The predicted octanol–water partition coefficient (Wildman–Crippen LogP) is 3.87. The van der Waals surface area contributed by atoms with Gasteiger partial charge in [0, 0.05) is 9.35 Å². The highest BCUT2D eigenvalue weighted by atomic mass is 79.9. The zero-order valence-corrected chi connectivity index (χ0v) is 10.8. The molecule has 0 aliphatic carbocycles. The van der Waals surface area contributed by atoms with Crippen LogP contribution in [0.5, 0.6) is 0 Å². The van der Waals surface area contributed by atoms with E-state index in [0.717, 1.165) is 10.0 Å². The number of hydrogen-bond acceptors (Lipinski definition) is 2. The van der Waals surface area contributed by atoms with E-state index in [2.05, 4.69) is 40.4 Å². The third-order valence-electron chi connectivity index (χ3n) is 2.42. The second-order valence-electron chi connectivity index (χ2n) is 3.47. The Bertz CT molecular complexity index is 464. The monoisotopic (exact) mass is 281 g/mol. The molecule has 0 bridgehead atoms. The van der Waals surface area contributed by atoms with E-state index in [1.165, 1.54) is 10.4 Å². The summed E-state index contributed by atoms with van der Waals surface area (Å²) in [5, 5.41) is 2.08. The maximum atomic E-state index is 6.24. The fourth-order valence-electron chi connectivity index (χ4n) is 1.57. The zero-order valence-electron chi connectivity index (χ0n) is 8.41. The number of nitrogens with two attached hydrogens (primary N) is 1. The SMILES string of the molecule is Cc1ccsc1C(N)c1ccccc1Br. The predicted molar refractivity (Wildman–Crippen MR) is 69.2 cm³/mol. The molecule has 78 valence electrons. The number of thiophene rings is 1. The molecule has 0 fully saturated rings. The molecule has 1 aromatic carbocycles. The van der Waals surface area contributed by atoms with Crippen molar-refractivity contribution >= 4 is 27.3 Å². The molecule has 0 spiro atoms. The van der Waals surface area contributed by atoms with E-state index in [1.54, 1.807) is 11.3 Å². The highest BCUT2D eigenvalue weighted by molar-refractivity contribution is 9.10. The molecular formula is C12H12BrNS. The summed E-state index contributed by atoms with van der Waals surface area (Å²) in [5.41, 5.74) is 8.65. The van der Waals surface area contributed by atoms with Crippen molar-refractivity contribution in [3.8, 4) is 0 Å². The Morgan fingerprint density at radius 1 is 1.27 bits per heavy atom. The molecular weight excluding hydrogens is 270 g/mol. The first-order valence-electron chi connectivity index (χ1n) is 4.74. The summed E-state index contributed by atoms with van der Waals surface area (Å²) in [6.07, 6.45) is 0. The van der Waals surface area contributed by atoms with E-state index in [-0.39, 0.29) is 6.04 Å². The first-order chi connectivity index (χ1) is 7.20. The molecule has 1 nitrogen and oxygen atoms in total. The van der Waals surface area contributed by atoms with Crippen LogP contribution in [-0.4, -0.2) is 0 Å². The Kier molecular flexibility index (Phi) is 3.24. The van der Waals surface area contributed by atoms with Gasteiger partial charge in [0.2, 0.25) is 0 Å². The molecule has 15 heavy (non-hydrogen) atoms. The largest absolute Gasteiger partial charge is 0.320 e. The van der Waals surface area contributed by atoms with Crippen molar-refractivity contribution in [1.29, 1.82) is 0 Å². The van der Waals surface area contributed by atoms with Gasteiger partial charge in [-0.15, -0.1) is 11.3 Å². The summed E-state index contributed by atoms with van der Waals surface area (Å²) < 4.78 is 1.07. The van der Waals surface area contributed by atoms with Crippen LogP contribution in [-0.2, 0) is 0 Å². The highest BCUT2D eigenvalue weighted by Crippen LogP contribution is 2.31. The van der Waals surface area contributed by atoms with Crippen LogP contribution in [0.1, 0.15) is 22.0 Å². The molecule has 1 aromatic heterocycles. The van der Waals surface area contributed by atoms with Gasteiger partial charge >= 0.3 is 0 Å². The zero-order chi connectivity index (χ0) is 10.8. The molecule has 0 aliphatic heterocycles. The Balaban J connectivity index is 2.41. The van der Waals surface area contributed by atoms with Crippen LogP contribution in [0.25, 0.3) is 0 Å². The minimum atomic E-state index is -0.0272. The fourth-order valence-corrected chi connectivity index (χ4v) is 3.05. The molecule has 0 saturated carbocycles. The van der Waals surface area contributed by atoms with Gasteiger partial charge in [-0.1, -0.05) is 34.1 Å². The molecule has 2 rings (SSSR count). The minimum Gasteiger partial charge on any atom is -0.320 e. The van der Waals surface area contributed by atoms with E-state index in [4.69, 9.17) is 5.73 Å². The van der Waals surface area contributed by atoms with Crippen molar-refractivity contribution in [1.82, 2.24) is 0 Å². The maximum absolute atomic E-state index is 6.24. The summed E-state index contributed by atoms with van der Waals surface area (Å²) in [6, 6.07) is 10.2. The normalized spacial score (nSPS) is 12.7. The number of halogens is 1. The lowest BCUT2D eigenvalue weighted by atomic mass is 10.0. The molecule has 1 atom stereocenters. The van der Waals surface area contributed by atoms with Gasteiger partial charge in [0.05, 0.1) is 6.04 Å². The number of benzene rings is 1. The van der Waals surface area contributed by atoms with Crippen molar-refractivity contribution in [3.05, 3.63) is 56.2 Å². The van der Waals surface area contributed by atoms with Gasteiger partial charge in [0.15, 0.2) is 0 Å². The van der Waals surface area contributed by atoms with Crippen LogP contribution in [0.2, 0.25) is 0 Å². The van der Waals surface area contributed by atoms with Crippen LogP contribution in [0.15, 0.2) is 40.2 Å². The molecule has 3 heteroatoms. The van der Waals surface area contributed by atoms with Gasteiger partial charge in [-0.05, 0) is 35.6 Å². The molecule has 1 heterocycles. The number of rotatable bonds is 2. The number of hydrogen-bond donors (Lipinski definition) is 1. The van der Waals surface area contributed by atoms with E-state index in [1.807, 2.05) is 18.2 Å². The minimum absolute atomic E-state index is 0.0272. The Morgan fingerprint density at radius 2 is 2.00 bits per heavy atom. The fraction of sp³-hybridized carbons (Fsp3) is 0.167. The van der Waals surface area contributed by atoms with Crippen LogP contribution in [0.3, 0.4) is 0 Å². The topological polar surface area (TPSA) is 26.0 Å². The highest BCUT2D eigenvalue weighted by Gasteiger charge is 2.14. The molecule has 0 radical (unpaired) electrons. The van der Waals surface area contributed by atoms with Gasteiger partial charge in [-0.2, -0.15) is 0 Å². The molecule has 1 unspecified atom stereocenters. The molecule has 0 saturated heterocycles. The van der Waals surface area contributed by atoms with Crippen LogP contribution >= 0.6 is 27.3 Å². The lowest BCUT2D eigenvalue weighted by Crippen LogP contribution is -2.11. The second-order valence-corrected chi connectivity index (χ2v) is 5.27. The molecule has 2 aromatic rings. The van der Waals surface area contributed by atoms with Crippen molar-refractivity contribution in [2.24, 2.45) is 5.73 Å². The average molecular weight is 282 g/mol. The first kappa shape index (κ1) is 10.9. The second kappa shape index (κ2) is 4.47. The smallest absolute Gasteiger partial charge is 0.0659 e. The van der Waals surface area contributed by atoms with Gasteiger partial charge in [-0.25, -0.2) is 0 Å². The van der Waals surface area contributed by atoms with Gasteiger partial charge < -0.3 is 5.73 Å². The van der Waals surface area contributed by atoms with E-state index in [9.17, 15) is 0 Å². The molecule has 0 aliphatic rings. The van der Waals surface area contributed by atoms with Gasteiger partial charge in [-0.3, -0.25) is 0 Å². The van der Waals surface area contributed by atoms with E-state index < -0.39 is 0 Å². The molecule has 2 N–H and O–H groups in total. The van der Waals surface area contributed by atoms with Crippen LogP contribution in [0, 0.1) is 6.92 Å².